The van der Waals surface area contributed by atoms with Crippen LogP contribution in [0.15, 0.2) is 0 Å². The number of hydrogen-bond donors (Lipinski definition) is 1. The standard InChI is InChI=1S/C13H24ClN3/c1-5-7-11(15-4)8-9-12-13(14)10(3)16-17(12)6-2/h11,15H,5-9H2,1-4H3. The second-order valence-corrected chi connectivity index (χ2v) is 4.85. The molecular weight excluding hydrogens is 234 g/mol. The van der Waals surface area contributed by atoms with Crippen molar-refractivity contribution in [2.24, 2.45) is 0 Å². The second kappa shape index (κ2) is 7.02. The highest BCUT2D eigenvalue weighted by Crippen LogP contribution is 2.22. The summed E-state index contributed by atoms with van der Waals surface area (Å²) in [7, 11) is 2.03. The van der Waals surface area contributed by atoms with E-state index >= 15 is 0 Å². The largest absolute Gasteiger partial charge is 0.317 e. The van der Waals surface area contributed by atoms with Gasteiger partial charge in [0, 0.05) is 12.6 Å². The predicted octanol–water partition coefficient (Wildman–Crippen LogP) is 3.19. The Morgan fingerprint density at radius 3 is 2.59 bits per heavy atom. The normalized spacial score (nSPS) is 13.0. The van der Waals surface area contributed by atoms with Gasteiger partial charge in [-0.05, 0) is 40.2 Å². The number of hydrogen-bond acceptors (Lipinski definition) is 2. The number of nitrogens with one attached hydrogen (secondary N) is 1. The summed E-state index contributed by atoms with van der Waals surface area (Å²) < 4.78 is 2.02. The van der Waals surface area contributed by atoms with Crippen LogP contribution in [-0.4, -0.2) is 22.9 Å². The summed E-state index contributed by atoms with van der Waals surface area (Å²) in [6, 6.07) is 0.580. The molecule has 4 heteroatoms. The molecule has 0 aliphatic heterocycles. The van der Waals surface area contributed by atoms with E-state index in [0.29, 0.717) is 6.04 Å². The van der Waals surface area contributed by atoms with E-state index in [-0.39, 0.29) is 0 Å². The molecule has 1 N–H and O–H groups in total. The summed E-state index contributed by atoms with van der Waals surface area (Å²) in [5, 5.41) is 8.65. The lowest BCUT2D eigenvalue weighted by Crippen LogP contribution is -2.25. The predicted molar refractivity (Wildman–Crippen MR) is 73.7 cm³/mol. The second-order valence-electron chi connectivity index (χ2n) is 4.47. The van der Waals surface area contributed by atoms with Crippen molar-refractivity contribution in [1.29, 1.82) is 0 Å². The van der Waals surface area contributed by atoms with E-state index in [1.807, 2.05) is 18.7 Å². The summed E-state index contributed by atoms with van der Waals surface area (Å²) in [6.45, 7) is 7.19. The summed E-state index contributed by atoms with van der Waals surface area (Å²) in [5.74, 6) is 0. The molecule has 0 fully saturated rings. The van der Waals surface area contributed by atoms with Crippen molar-refractivity contribution in [1.82, 2.24) is 15.1 Å². The van der Waals surface area contributed by atoms with Crippen LogP contribution in [0, 0.1) is 6.92 Å². The third-order valence-corrected chi connectivity index (χ3v) is 3.72. The van der Waals surface area contributed by atoms with Crippen LogP contribution in [0.3, 0.4) is 0 Å². The lowest BCUT2D eigenvalue weighted by molar-refractivity contribution is 0.473. The van der Waals surface area contributed by atoms with Gasteiger partial charge in [0.25, 0.3) is 0 Å². The molecule has 0 saturated heterocycles. The Hall–Kier alpha value is -0.540. The van der Waals surface area contributed by atoms with E-state index in [9.17, 15) is 0 Å². The molecule has 1 aromatic heterocycles. The van der Waals surface area contributed by atoms with Crippen LogP contribution in [0.4, 0.5) is 0 Å². The molecule has 0 aliphatic carbocycles. The highest BCUT2D eigenvalue weighted by Gasteiger charge is 2.14. The van der Waals surface area contributed by atoms with E-state index in [4.69, 9.17) is 11.6 Å². The minimum absolute atomic E-state index is 0.580. The van der Waals surface area contributed by atoms with Gasteiger partial charge in [0.15, 0.2) is 0 Å². The van der Waals surface area contributed by atoms with Gasteiger partial charge < -0.3 is 5.32 Å². The first-order valence-electron chi connectivity index (χ1n) is 6.53. The fourth-order valence-corrected chi connectivity index (χ4v) is 2.43. The average molecular weight is 258 g/mol. The summed E-state index contributed by atoms with van der Waals surface area (Å²) in [5.41, 5.74) is 2.13. The first-order chi connectivity index (χ1) is 8.13. The number of aryl methyl sites for hydroxylation is 2. The Balaban J connectivity index is 2.67. The monoisotopic (exact) mass is 257 g/mol. The van der Waals surface area contributed by atoms with Crippen LogP contribution in [-0.2, 0) is 13.0 Å². The number of aromatic nitrogens is 2. The minimum Gasteiger partial charge on any atom is -0.317 e. The molecule has 0 saturated carbocycles. The summed E-state index contributed by atoms with van der Waals surface area (Å²) in [4.78, 5) is 0. The van der Waals surface area contributed by atoms with Crippen LogP contribution >= 0.6 is 11.6 Å². The highest BCUT2D eigenvalue weighted by atomic mass is 35.5. The topological polar surface area (TPSA) is 29.9 Å². The van der Waals surface area contributed by atoms with Gasteiger partial charge in [0.2, 0.25) is 0 Å². The molecule has 0 aromatic carbocycles. The molecule has 3 nitrogen and oxygen atoms in total. The van der Waals surface area contributed by atoms with Gasteiger partial charge in [-0.1, -0.05) is 24.9 Å². The molecule has 0 bridgehead atoms. The molecule has 1 heterocycles. The van der Waals surface area contributed by atoms with Crippen molar-refractivity contribution in [3.05, 3.63) is 16.4 Å². The number of nitrogens with zero attached hydrogens (tertiary/aromatic N) is 2. The van der Waals surface area contributed by atoms with E-state index < -0.39 is 0 Å². The Kier molecular flexibility index (Phi) is 6.00. The Bertz CT molecular complexity index is 347. The Labute approximate surface area is 110 Å². The SMILES string of the molecule is CCCC(CCc1c(Cl)c(C)nn1CC)NC. The van der Waals surface area contributed by atoms with Crippen molar-refractivity contribution >= 4 is 11.6 Å². The van der Waals surface area contributed by atoms with Crippen LogP contribution in [0.1, 0.15) is 44.5 Å². The minimum atomic E-state index is 0.580. The molecule has 0 aliphatic rings. The van der Waals surface area contributed by atoms with Gasteiger partial charge in [-0.3, -0.25) is 4.68 Å². The van der Waals surface area contributed by atoms with Crippen molar-refractivity contribution in [2.75, 3.05) is 7.05 Å². The van der Waals surface area contributed by atoms with Crippen molar-refractivity contribution < 1.29 is 0 Å². The molecule has 0 radical (unpaired) electrons. The summed E-state index contributed by atoms with van der Waals surface area (Å²) >= 11 is 6.29. The van der Waals surface area contributed by atoms with Crippen LogP contribution < -0.4 is 5.32 Å². The van der Waals surface area contributed by atoms with Gasteiger partial charge in [0.1, 0.15) is 0 Å². The van der Waals surface area contributed by atoms with Gasteiger partial charge in [-0.15, -0.1) is 0 Å². The van der Waals surface area contributed by atoms with Gasteiger partial charge in [0.05, 0.1) is 16.4 Å². The van der Waals surface area contributed by atoms with Gasteiger partial charge in [-0.2, -0.15) is 5.10 Å². The van der Waals surface area contributed by atoms with Crippen LogP contribution in [0.2, 0.25) is 5.02 Å². The van der Waals surface area contributed by atoms with Gasteiger partial charge >= 0.3 is 0 Å². The smallest absolute Gasteiger partial charge is 0.0847 e. The highest BCUT2D eigenvalue weighted by molar-refractivity contribution is 6.31. The van der Waals surface area contributed by atoms with Crippen LogP contribution in [0.5, 0.6) is 0 Å². The average Bonchev–Trinajstić information content (AvgIpc) is 2.61. The maximum atomic E-state index is 6.29. The van der Waals surface area contributed by atoms with Crippen molar-refractivity contribution in [3.63, 3.8) is 0 Å². The molecule has 98 valence electrons. The first kappa shape index (κ1) is 14.5. The third kappa shape index (κ3) is 3.71. The molecular formula is C13H24ClN3. The molecule has 1 aromatic rings. The molecule has 1 rings (SSSR count). The maximum Gasteiger partial charge on any atom is 0.0847 e. The van der Waals surface area contributed by atoms with Crippen molar-refractivity contribution in [2.45, 2.75) is 59.0 Å². The zero-order chi connectivity index (χ0) is 12.8. The lowest BCUT2D eigenvalue weighted by atomic mass is 10.0. The molecule has 1 unspecified atom stereocenters. The van der Waals surface area contributed by atoms with E-state index in [2.05, 4.69) is 24.3 Å². The zero-order valence-electron chi connectivity index (χ0n) is 11.4. The van der Waals surface area contributed by atoms with Crippen LogP contribution in [0.25, 0.3) is 0 Å². The fraction of sp³-hybridized carbons (Fsp3) is 0.769. The third-order valence-electron chi connectivity index (χ3n) is 3.23. The van der Waals surface area contributed by atoms with E-state index in [0.717, 1.165) is 30.1 Å². The summed E-state index contributed by atoms with van der Waals surface area (Å²) in [6.07, 6.45) is 4.55. The fourth-order valence-electron chi connectivity index (χ4n) is 2.20. The number of rotatable bonds is 7. The molecule has 0 spiro atoms. The zero-order valence-corrected chi connectivity index (χ0v) is 12.1. The van der Waals surface area contributed by atoms with E-state index in [1.54, 1.807) is 0 Å². The lowest BCUT2D eigenvalue weighted by Gasteiger charge is -2.15. The Morgan fingerprint density at radius 2 is 2.06 bits per heavy atom. The quantitative estimate of drug-likeness (QED) is 0.813. The maximum absolute atomic E-state index is 6.29. The Morgan fingerprint density at radius 1 is 1.35 bits per heavy atom. The first-order valence-corrected chi connectivity index (χ1v) is 6.90. The molecule has 0 amide bonds. The number of halogens is 1. The van der Waals surface area contributed by atoms with Crippen molar-refractivity contribution in [3.8, 4) is 0 Å². The molecule has 1 atom stereocenters. The molecule has 17 heavy (non-hydrogen) atoms. The van der Waals surface area contributed by atoms with E-state index in [1.165, 1.54) is 18.5 Å². The van der Waals surface area contributed by atoms with Gasteiger partial charge in [-0.25, -0.2) is 0 Å².